The topological polar surface area (TPSA) is 99.6 Å². The van der Waals surface area contributed by atoms with Crippen molar-refractivity contribution >= 4 is 17.8 Å². The number of aromatic carboxylic acids is 1. The number of carboxylic acids is 1. The number of hydrogen-bond acceptors (Lipinski definition) is 4. The van der Waals surface area contributed by atoms with Gasteiger partial charge in [0.15, 0.2) is 0 Å². The van der Waals surface area contributed by atoms with Crippen molar-refractivity contribution < 1.29 is 19.5 Å². The predicted molar refractivity (Wildman–Crippen MR) is 98.8 cm³/mol. The lowest BCUT2D eigenvalue weighted by molar-refractivity contribution is 0.0688. The number of likely N-dealkylation sites (tertiary alicyclic amines) is 1. The van der Waals surface area contributed by atoms with Crippen molar-refractivity contribution in [1.82, 2.24) is 15.2 Å². The highest BCUT2D eigenvalue weighted by molar-refractivity contribution is 5.96. The van der Waals surface area contributed by atoms with Gasteiger partial charge in [0.05, 0.1) is 5.56 Å². The Morgan fingerprint density at radius 3 is 2.37 bits per heavy atom. The van der Waals surface area contributed by atoms with Gasteiger partial charge in [-0.2, -0.15) is 0 Å². The summed E-state index contributed by atoms with van der Waals surface area (Å²) in [4.78, 5) is 41.6. The number of hydrogen-bond donors (Lipinski definition) is 2. The highest BCUT2D eigenvalue weighted by Gasteiger charge is 2.25. The molecule has 1 saturated heterocycles. The fourth-order valence-electron chi connectivity index (χ4n) is 3.05. The van der Waals surface area contributed by atoms with E-state index in [-0.39, 0.29) is 23.2 Å². The minimum Gasteiger partial charge on any atom is -0.478 e. The van der Waals surface area contributed by atoms with E-state index in [4.69, 9.17) is 5.11 Å². The molecule has 3 rings (SSSR count). The van der Waals surface area contributed by atoms with Gasteiger partial charge >= 0.3 is 5.97 Å². The minimum absolute atomic E-state index is 0.00407. The lowest BCUT2D eigenvalue weighted by Gasteiger charge is -2.32. The van der Waals surface area contributed by atoms with Crippen LogP contribution in [0.25, 0.3) is 0 Å². The van der Waals surface area contributed by atoms with Gasteiger partial charge in [0.1, 0.15) is 5.69 Å². The average molecular weight is 367 g/mol. The highest BCUT2D eigenvalue weighted by Crippen LogP contribution is 2.15. The Hall–Kier alpha value is -3.22. The van der Waals surface area contributed by atoms with E-state index in [9.17, 15) is 14.4 Å². The van der Waals surface area contributed by atoms with Crippen molar-refractivity contribution in [3.05, 3.63) is 65.0 Å². The van der Waals surface area contributed by atoms with Crippen LogP contribution in [-0.2, 0) is 0 Å². The molecule has 1 aliphatic rings. The van der Waals surface area contributed by atoms with Gasteiger partial charge in [-0.15, -0.1) is 0 Å². The third-order valence-corrected chi connectivity index (χ3v) is 4.66. The van der Waals surface area contributed by atoms with Crippen molar-refractivity contribution in [2.75, 3.05) is 13.1 Å². The number of aromatic nitrogens is 1. The first-order valence-electron chi connectivity index (χ1n) is 8.80. The lowest BCUT2D eigenvalue weighted by atomic mass is 10.0. The van der Waals surface area contributed by atoms with E-state index in [0.29, 0.717) is 31.5 Å². The summed E-state index contributed by atoms with van der Waals surface area (Å²) in [6, 6.07) is 10.0. The second kappa shape index (κ2) is 7.99. The maximum atomic E-state index is 12.5. The Labute approximate surface area is 157 Å². The van der Waals surface area contributed by atoms with Crippen LogP contribution in [0.1, 0.15) is 49.6 Å². The van der Waals surface area contributed by atoms with Crippen LogP contribution in [0, 0.1) is 6.92 Å². The largest absolute Gasteiger partial charge is 0.478 e. The van der Waals surface area contributed by atoms with Crippen molar-refractivity contribution in [3.63, 3.8) is 0 Å². The molecule has 27 heavy (non-hydrogen) atoms. The molecule has 1 fully saturated rings. The number of pyridine rings is 1. The number of carboxylic acid groups (broad SMARTS) is 1. The van der Waals surface area contributed by atoms with Crippen LogP contribution in [0.5, 0.6) is 0 Å². The molecule has 2 N–H and O–H groups in total. The molecule has 7 heteroatoms. The van der Waals surface area contributed by atoms with Crippen molar-refractivity contribution in [2.45, 2.75) is 25.8 Å². The number of nitrogens with zero attached hydrogens (tertiary/aromatic N) is 2. The molecular weight excluding hydrogens is 346 g/mol. The SMILES string of the molecule is Cc1ccc(C(=O)N2CCC(NC(=O)c3cc(C(=O)O)ccn3)CC2)cc1. The molecule has 1 aliphatic heterocycles. The van der Waals surface area contributed by atoms with E-state index in [2.05, 4.69) is 10.3 Å². The molecule has 1 aromatic carbocycles. The van der Waals surface area contributed by atoms with Gasteiger partial charge in [0, 0.05) is 30.9 Å². The number of amides is 2. The third kappa shape index (κ3) is 4.49. The third-order valence-electron chi connectivity index (χ3n) is 4.66. The molecule has 2 aromatic rings. The maximum absolute atomic E-state index is 12.5. The second-order valence-electron chi connectivity index (χ2n) is 6.64. The smallest absolute Gasteiger partial charge is 0.335 e. The summed E-state index contributed by atoms with van der Waals surface area (Å²) < 4.78 is 0. The standard InChI is InChI=1S/C20H21N3O4/c1-13-2-4-14(5-3-13)19(25)23-10-7-16(8-11-23)22-18(24)17-12-15(20(26)27)6-9-21-17/h2-6,9,12,16H,7-8,10-11H2,1H3,(H,22,24)(H,26,27). The van der Waals surface area contributed by atoms with Crippen LogP contribution in [0.4, 0.5) is 0 Å². The summed E-state index contributed by atoms with van der Waals surface area (Å²) in [6.07, 6.45) is 2.59. The van der Waals surface area contributed by atoms with Crippen molar-refractivity contribution in [1.29, 1.82) is 0 Å². The number of aryl methyl sites for hydroxylation is 1. The van der Waals surface area contributed by atoms with Crippen molar-refractivity contribution in [2.24, 2.45) is 0 Å². The van der Waals surface area contributed by atoms with E-state index < -0.39 is 11.9 Å². The molecule has 2 heterocycles. The van der Waals surface area contributed by atoms with Crippen LogP contribution in [0.3, 0.4) is 0 Å². The highest BCUT2D eigenvalue weighted by atomic mass is 16.4. The Balaban J connectivity index is 1.55. The maximum Gasteiger partial charge on any atom is 0.335 e. The summed E-state index contributed by atoms with van der Waals surface area (Å²) >= 11 is 0. The zero-order valence-electron chi connectivity index (χ0n) is 15.0. The summed E-state index contributed by atoms with van der Waals surface area (Å²) in [5.41, 5.74) is 1.87. The van der Waals surface area contributed by atoms with Crippen LogP contribution in [0.2, 0.25) is 0 Å². The van der Waals surface area contributed by atoms with Crippen LogP contribution in [-0.4, -0.2) is 51.9 Å². The molecular formula is C20H21N3O4. The average Bonchev–Trinajstić information content (AvgIpc) is 2.68. The molecule has 0 radical (unpaired) electrons. The molecule has 0 unspecified atom stereocenters. The van der Waals surface area contributed by atoms with Gasteiger partial charge < -0.3 is 15.3 Å². The van der Waals surface area contributed by atoms with Crippen LogP contribution < -0.4 is 5.32 Å². The Morgan fingerprint density at radius 2 is 1.74 bits per heavy atom. The fraction of sp³-hybridized carbons (Fsp3) is 0.300. The van der Waals surface area contributed by atoms with E-state index in [0.717, 1.165) is 5.56 Å². The Morgan fingerprint density at radius 1 is 1.07 bits per heavy atom. The normalized spacial score (nSPS) is 14.6. The molecule has 0 spiro atoms. The zero-order chi connectivity index (χ0) is 19.4. The minimum atomic E-state index is -1.10. The van der Waals surface area contributed by atoms with Crippen LogP contribution in [0.15, 0.2) is 42.6 Å². The van der Waals surface area contributed by atoms with E-state index in [1.807, 2.05) is 31.2 Å². The monoisotopic (exact) mass is 367 g/mol. The van der Waals surface area contributed by atoms with Gasteiger partial charge in [0.25, 0.3) is 11.8 Å². The first kappa shape index (κ1) is 18.6. The molecule has 1 aromatic heterocycles. The second-order valence-corrected chi connectivity index (χ2v) is 6.64. The molecule has 0 aliphatic carbocycles. The molecule has 0 bridgehead atoms. The number of rotatable bonds is 4. The Bertz CT molecular complexity index is 856. The number of carbonyl (C=O) groups excluding carboxylic acids is 2. The first-order valence-corrected chi connectivity index (χ1v) is 8.80. The van der Waals surface area contributed by atoms with Gasteiger partial charge in [-0.3, -0.25) is 14.6 Å². The molecule has 0 atom stereocenters. The molecule has 2 amide bonds. The van der Waals surface area contributed by atoms with E-state index in [1.54, 1.807) is 4.90 Å². The Kier molecular flexibility index (Phi) is 5.49. The summed E-state index contributed by atoms with van der Waals surface area (Å²) in [6.45, 7) is 3.09. The van der Waals surface area contributed by atoms with Gasteiger partial charge in [0.2, 0.25) is 0 Å². The zero-order valence-corrected chi connectivity index (χ0v) is 15.0. The summed E-state index contributed by atoms with van der Waals surface area (Å²) in [7, 11) is 0. The molecule has 140 valence electrons. The van der Waals surface area contributed by atoms with Gasteiger partial charge in [-0.1, -0.05) is 17.7 Å². The number of piperidine rings is 1. The fourth-order valence-corrected chi connectivity index (χ4v) is 3.05. The van der Waals surface area contributed by atoms with E-state index >= 15 is 0 Å². The quantitative estimate of drug-likeness (QED) is 0.862. The first-order chi connectivity index (χ1) is 12.9. The van der Waals surface area contributed by atoms with Crippen LogP contribution >= 0.6 is 0 Å². The lowest BCUT2D eigenvalue weighted by Crippen LogP contribution is -2.46. The van der Waals surface area contributed by atoms with Gasteiger partial charge in [-0.25, -0.2) is 4.79 Å². The molecule has 0 saturated carbocycles. The van der Waals surface area contributed by atoms with E-state index in [1.165, 1.54) is 18.3 Å². The number of benzene rings is 1. The van der Waals surface area contributed by atoms with Crippen molar-refractivity contribution in [3.8, 4) is 0 Å². The predicted octanol–water partition coefficient (Wildman–Crippen LogP) is 2.12. The summed E-state index contributed by atoms with van der Waals surface area (Å²) in [5.74, 6) is -1.51. The number of nitrogens with one attached hydrogen (secondary N) is 1. The number of carbonyl (C=O) groups is 3. The summed E-state index contributed by atoms with van der Waals surface area (Å²) in [5, 5.41) is 11.9. The van der Waals surface area contributed by atoms with Gasteiger partial charge in [-0.05, 0) is 44.0 Å². The molecule has 7 nitrogen and oxygen atoms in total.